The van der Waals surface area contributed by atoms with E-state index >= 15 is 0 Å². The van der Waals surface area contributed by atoms with Crippen molar-refractivity contribution in [2.75, 3.05) is 5.32 Å². The number of carbonyl (C=O) groups is 2. The fourth-order valence-electron chi connectivity index (χ4n) is 2.24. The molecule has 1 rings (SSSR count). The minimum Gasteiger partial charge on any atom is -0.424 e. The van der Waals surface area contributed by atoms with Gasteiger partial charge in [0.1, 0.15) is 0 Å². The largest absolute Gasteiger partial charge is 0.424 e. The van der Waals surface area contributed by atoms with Crippen LogP contribution in [-0.4, -0.2) is 11.9 Å². The quantitative estimate of drug-likeness (QED) is 0.632. The van der Waals surface area contributed by atoms with Crippen LogP contribution >= 0.6 is 0 Å². The number of rotatable bonds is 6. The summed E-state index contributed by atoms with van der Waals surface area (Å²) in [7, 11) is 0. The van der Waals surface area contributed by atoms with E-state index in [4.69, 9.17) is 4.74 Å². The molecule has 0 aliphatic carbocycles. The molecule has 0 heterocycles. The highest BCUT2D eigenvalue weighted by Crippen LogP contribution is 2.31. The molecule has 122 valence electrons. The first kappa shape index (κ1) is 18.2. The number of hydrogen-bond acceptors (Lipinski definition) is 3. The third-order valence-electron chi connectivity index (χ3n) is 3.08. The average Bonchev–Trinajstić information content (AvgIpc) is 2.31. The van der Waals surface area contributed by atoms with E-state index in [1.54, 1.807) is 0 Å². The highest BCUT2D eigenvalue weighted by atomic mass is 16.5. The van der Waals surface area contributed by atoms with E-state index in [-0.39, 0.29) is 23.7 Å². The first-order chi connectivity index (χ1) is 10.2. The monoisotopic (exact) mass is 305 g/mol. The molecule has 22 heavy (non-hydrogen) atoms. The summed E-state index contributed by atoms with van der Waals surface area (Å²) in [6.45, 7) is 11.7. The van der Waals surface area contributed by atoms with Gasteiger partial charge in [-0.15, -0.1) is 0 Å². The Labute approximate surface area is 133 Å². The number of benzene rings is 1. The molecule has 0 saturated carbocycles. The van der Waals surface area contributed by atoms with Gasteiger partial charge in [0.15, 0.2) is 5.75 Å². The molecular weight excluding hydrogens is 278 g/mol. The lowest BCUT2D eigenvalue weighted by atomic mass is 10.1. The molecule has 1 amide bonds. The molecule has 0 bridgehead atoms. The van der Waals surface area contributed by atoms with Gasteiger partial charge in [0.2, 0.25) is 5.91 Å². The van der Waals surface area contributed by atoms with Crippen LogP contribution in [0.15, 0.2) is 12.1 Å². The van der Waals surface area contributed by atoms with Gasteiger partial charge in [-0.3, -0.25) is 9.59 Å². The van der Waals surface area contributed by atoms with Crippen LogP contribution in [0.2, 0.25) is 0 Å². The van der Waals surface area contributed by atoms with Crippen molar-refractivity contribution in [2.24, 2.45) is 11.8 Å². The number of amides is 1. The van der Waals surface area contributed by atoms with Crippen molar-refractivity contribution in [3.63, 3.8) is 0 Å². The molecule has 4 heteroatoms. The van der Waals surface area contributed by atoms with Gasteiger partial charge in [0.25, 0.3) is 0 Å². The molecule has 0 spiro atoms. The smallest absolute Gasteiger partial charge is 0.311 e. The molecule has 1 N–H and O–H groups in total. The minimum atomic E-state index is -0.277. The SMILES string of the molecule is Cc1cc(C)c(OC(=O)CC(C)C)c(NC(=O)CC(C)C)c1. The van der Waals surface area contributed by atoms with Crippen LogP contribution in [0.4, 0.5) is 5.69 Å². The van der Waals surface area contributed by atoms with Gasteiger partial charge in [0.05, 0.1) is 5.69 Å². The second kappa shape index (κ2) is 7.97. The van der Waals surface area contributed by atoms with Crippen molar-refractivity contribution in [3.05, 3.63) is 23.3 Å². The third kappa shape index (κ3) is 5.88. The molecule has 0 saturated heterocycles. The summed E-state index contributed by atoms with van der Waals surface area (Å²) in [5.74, 6) is 0.617. The fourth-order valence-corrected chi connectivity index (χ4v) is 2.24. The van der Waals surface area contributed by atoms with Gasteiger partial charge >= 0.3 is 5.97 Å². The zero-order valence-corrected chi connectivity index (χ0v) is 14.4. The van der Waals surface area contributed by atoms with Gasteiger partial charge in [-0.2, -0.15) is 0 Å². The molecule has 0 aromatic heterocycles. The van der Waals surface area contributed by atoms with Gasteiger partial charge in [0, 0.05) is 12.8 Å². The maximum atomic E-state index is 12.0. The lowest BCUT2D eigenvalue weighted by Gasteiger charge is -2.16. The zero-order valence-electron chi connectivity index (χ0n) is 14.4. The molecule has 0 aliphatic heterocycles. The van der Waals surface area contributed by atoms with Gasteiger partial charge < -0.3 is 10.1 Å². The van der Waals surface area contributed by atoms with Crippen molar-refractivity contribution in [3.8, 4) is 5.75 Å². The number of aryl methyl sites for hydroxylation is 2. The number of anilines is 1. The van der Waals surface area contributed by atoms with Crippen molar-refractivity contribution < 1.29 is 14.3 Å². The minimum absolute atomic E-state index is 0.0684. The first-order valence-electron chi connectivity index (χ1n) is 7.80. The molecule has 0 atom stereocenters. The lowest BCUT2D eigenvalue weighted by Crippen LogP contribution is -2.17. The topological polar surface area (TPSA) is 55.4 Å². The Balaban J connectivity index is 2.99. The Hall–Kier alpha value is -1.84. The van der Waals surface area contributed by atoms with E-state index in [0.717, 1.165) is 11.1 Å². The van der Waals surface area contributed by atoms with E-state index in [1.165, 1.54) is 0 Å². The molecular formula is C18H27NO3. The lowest BCUT2D eigenvalue weighted by molar-refractivity contribution is -0.135. The molecule has 0 unspecified atom stereocenters. The molecule has 0 radical (unpaired) electrons. The number of nitrogens with one attached hydrogen (secondary N) is 1. The highest BCUT2D eigenvalue weighted by Gasteiger charge is 2.16. The van der Waals surface area contributed by atoms with Gasteiger partial charge in [-0.25, -0.2) is 0 Å². The van der Waals surface area contributed by atoms with Crippen LogP contribution in [0.1, 0.15) is 51.7 Å². The average molecular weight is 305 g/mol. The molecule has 1 aromatic carbocycles. The van der Waals surface area contributed by atoms with Gasteiger partial charge in [-0.05, 0) is 42.9 Å². The summed E-state index contributed by atoms with van der Waals surface area (Å²) in [4.78, 5) is 24.0. The van der Waals surface area contributed by atoms with Crippen LogP contribution in [0, 0.1) is 25.7 Å². The van der Waals surface area contributed by atoms with Crippen LogP contribution < -0.4 is 10.1 Å². The Morgan fingerprint density at radius 2 is 1.64 bits per heavy atom. The number of hydrogen-bond donors (Lipinski definition) is 1. The molecule has 4 nitrogen and oxygen atoms in total. The molecule has 1 aromatic rings. The van der Waals surface area contributed by atoms with E-state index in [9.17, 15) is 9.59 Å². The summed E-state index contributed by atoms with van der Waals surface area (Å²) < 4.78 is 5.49. The summed E-state index contributed by atoms with van der Waals surface area (Å²) in [6.07, 6.45) is 0.791. The predicted octanol–water partition coefficient (Wildman–Crippen LogP) is 4.24. The second-order valence-electron chi connectivity index (χ2n) is 6.68. The Bertz CT molecular complexity index is 548. The van der Waals surface area contributed by atoms with Gasteiger partial charge in [-0.1, -0.05) is 33.8 Å². The highest BCUT2D eigenvalue weighted by molar-refractivity contribution is 5.93. The summed E-state index contributed by atoms with van der Waals surface area (Å²) in [5.41, 5.74) is 2.43. The van der Waals surface area contributed by atoms with Crippen molar-refractivity contribution in [2.45, 2.75) is 54.4 Å². The van der Waals surface area contributed by atoms with Crippen molar-refractivity contribution in [1.82, 2.24) is 0 Å². The summed E-state index contributed by atoms with van der Waals surface area (Å²) in [6, 6.07) is 3.78. The van der Waals surface area contributed by atoms with Crippen LogP contribution in [0.5, 0.6) is 5.75 Å². The Morgan fingerprint density at radius 3 is 2.18 bits per heavy atom. The Morgan fingerprint density at radius 1 is 1.05 bits per heavy atom. The maximum Gasteiger partial charge on any atom is 0.311 e. The van der Waals surface area contributed by atoms with Crippen molar-refractivity contribution >= 4 is 17.6 Å². The van der Waals surface area contributed by atoms with Crippen molar-refractivity contribution in [1.29, 1.82) is 0 Å². The maximum absolute atomic E-state index is 12.0. The van der Waals surface area contributed by atoms with Crippen LogP contribution in [0.25, 0.3) is 0 Å². The van der Waals surface area contributed by atoms with E-state index in [1.807, 2.05) is 53.7 Å². The first-order valence-corrected chi connectivity index (χ1v) is 7.80. The van der Waals surface area contributed by atoms with Crippen LogP contribution in [-0.2, 0) is 9.59 Å². The predicted molar refractivity (Wildman–Crippen MR) is 89.1 cm³/mol. The summed E-state index contributed by atoms with van der Waals surface area (Å²) in [5, 5.41) is 2.87. The van der Waals surface area contributed by atoms with Crippen LogP contribution in [0.3, 0.4) is 0 Å². The normalized spacial score (nSPS) is 10.9. The molecule has 0 fully saturated rings. The molecule has 0 aliphatic rings. The van der Waals surface area contributed by atoms with E-state index in [0.29, 0.717) is 24.3 Å². The van der Waals surface area contributed by atoms with E-state index in [2.05, 4.69) is 5.32 Å². The zero-order chi connectivity index (χ0) is 16.9. The number of esters is 1. The summed E-state index contributed by atoms with van der Waals surface area (Å²) >= 11 is 0. The second-order valence-corrected chi connectivity index (χ2v) is 6.68. The third-order valence-corrected chi connectivity index (χ3v) is 3.08. The Kier molecular flexibility index (Phi) is 6.60. The van der Waals surface area contributed by atoms with E-state index < -0.39 is 0 Å². The number of ether oxygens (including phenoxy) is 1. The standard InChI is InChI=1S/C18H27NO3/c1-11(2)7-16(20)19-15-10-13(5)9-14(6)18(15)22-17(21)8-12(3)4/h9-12H,7-8H2,1-6H3,(H,19,20). The fraction of sp³-hybridized carbons (Fsp3) is 0.556. The number of carbonyl (C=O) groups excluding carboxylic acids is 2.